The minimum atomic E-state index is -2.46. The van der Waals surface area contributed by atoms with E-state index in [1.807, 2.05) is 48.5 Å². The van der Waals surface area contributed by atoms with Gasteiger partial charge in [-0.3, -0.25) is 4.79 Å². The van der Waals surface area contributed by atoms with Crippen LogP contribution in [0.2, 0.25) is 16.6 Å². The summed E-state index contributed by atoms with van der Waals surface area (Å²) >= 11 is 0. The number of aliphatic hydroxyl groups excluding tert-OH is 1. The van der Waals surface area contributed by atoms with E-state index in [-0.39, 0.29) is 10.8 Å². The zero-order chi connectivity index (χ0) is 22.5. The summed E-state index contributed by atoms with van der Waals surface area (Å²) in [5.41, 5.74) is 2.17. The summed E-state index contributed by atoms with van der Waals surface area (Å²) in [6, 6.07) is 20.2. The molecule has 3 rings (SSSR count). The second-order valence-electron chi connectivity index (χ2n) is 10.4. The Labute approximate surface area is 188 Å². The highest BCUT2D eigenvalue weighted by Crippen LogP contribution is 2.59. The van der Waals surface area contributed by atoms with E-state index in [0.717, 1.165) is 30.4 Å². The van der Waals surface area contributed by atoms with Crippen molar-refractivity contribution in [1.29, 1.82) is 0 Å². The van der Waals surface area contributed by atoms with E-state index in [1.54, 1.807) is 0 Å². The van der Waals surface area contributed by atoms with Crippen molar-refractivity contribution in [2.75, 3.05) is 6.23 Å². The van der Waals surface area contributed by atoms with Crippen LogP contribution in [0, 0.1) is 0 Å². The van der Waals surface area contributed by atoms with E-state index in [2.05, 4.69) is 39.5 Å². The van der Waals surface area contributed by atoms with Gasteiger partial charge in [-0.2, -0.15) is 0 Å². The Bertz CT molecular complexity index is 846. The lowest BCUT2D eigenvalue weighted by atomic mass is 9.80. The van der Waals surface area contributed by atoms with Crippen molar-refractivity contribution in [3.63, 3.8) is 0 Å². The van der Waals surface area contributed by atoms with Gasteiger partial charge in [0.15, 0.2) is 0 Å². The Kier molecular flexibility index (Phi) is 7.56. The van der Waals surface area contributed by atoms with Gasteiger partial charge in [0.2, 0.25) is 0 Å². The first-order chi connectivity index (χ1) is 14.7. The third-order valence-corrected chi connectivity index (χ3v) is 14.6. The molecule has 31 heavy (non-hydrogen) atoms. The number of ketones is 1. The Morgan fingerprint density at radius 1 is 1.03 bits per heavy atom. The predicted octanol–water partition coefficient (Wildman–Crippen LogP) is 6.11. The smallest absolute Gasteiger partial charge is 0.143 e. The van der Waals surface area contributed by atoms with Crippen LogP contribution < -0.4 is 0 Å². The number of rotatable bonds is 8. The topological polar surface area (TPSA) is 46.5 Å². The minimum absolute atomic E-state index is 0.0889. The average Bonchev–Trinajstić information content (AvgIpc) is 2.74. The molecule has 2 aromatic carbocycles. The number of benzene rings is 2. The average molecular weight is 439 g/mol. The molecule has 2 aromatic rings. The zero-order valence-electron chi connectivity index (χ0n) is 19.6. The third kappa shape index (κ3) is 4.86. The normalized spacial score (nSPS) is 23.8. The fraction of sp³-hybridized carbons (Fsp3) is 0.519. The second kappa shape index (κ2) is 9.80. The summed E-state index contributed by atoms with van der Waals surface area (Å²) < 4.78 is 6.34. The molecule has 4 heteroatoms. The van der Waals surface area contributed by atoms with E-state index in [0.29, 0.717) is 25.7 Å². The molecule has 0 saturated heterocycles. The first-order valence-corrected chi connectivity index (χ1v) is 14.3. The van der Waals surface area contributed by atoms with Gasteiger partial charge in [0.25, 0.3) is 0 Å². The third-order valence-electron chi connectivity index (χ3n) is 7.71. The number of hydrogen-bond donors (Lipinski definition) is 1. The van der Waals surface area contributed by atoms with Crippen molar-refractivity contribution in [2.24, 2.45) is 0 Å². The molecule has 0 spiro atoms. The van der Waals surface area contributed by atoms with Crippen LogP contribution in [0.1, 0.15) is 57.6 Å². The number of hydrogen-bond acceptors (Lipinski definition) is 3. The quantitative estimate of drug-likeness (QED) is 0.506. The molecule has 0 aromatic heterocycles. The van der Waals surface area contributed by atoms with Crippen LogP contribution in [0.25, 0.3) is 0 Å². The maximum atomic E-state index is 14.0. The van der Waals surface area contributed by atoms with Crippen LogP contribution in [-0.2, 0) is 22.6 Å². The van der Waals surface area contributed by atoms with Gasteiger partial charge in [0.1, 0.15) is 13.9 Å². The van der Waals surface area contributed by atoms with Gasteiger partial charge in [-0.25, -0.2) is 0 Å². The Hall–Kier alpha value is -1.75. The minimum Gasteiger partial charge on any atom is -0.392 e. The molecule has 0 bridgehead atoms. The van der Waals surface area contributed by atoms with Gasteiger partial charge in [-0.15, -0.1) is 0 Å². The molecule has 0 heterocycles. The first-order valence-electron chi connectivity index (χ1n) is 11.6. The highest BCUT2D eigenvalue weighted by Gasteiger charge is 2.63. The van der Waals surface area contributed by atoms with Crippen molar-refractivity contribution < 1.29 is 14.6 Å². The summed E-state index contributed by atoms with van der Waals surface area (Å²) in [7, 11) is -2.46. The van der Waals surface area contributed by atoms with E-state index >= 15 is 0 Å². The molecule has 168 valence electrons. The summed E-state index contributed by atoms with van der Waals surface area (Å²) in [4.78, 5) is 14.0. The number of Topliss-reactive ketones (excluding diaryl/α,β-unsaturated/α-hetero) is 1. The molecule has 3 atom stereocenters. The number of carbonyl (C=O) groups is 1. The molecular formula is C27H38O3Si. The lowest BCUT2D eigenvalue weighted by molar-refractivity contribution is -0.126. The van der Waals surface area contributed by atoms with E-state index in [1.165, 1.54) is 0 Å². The molecule has 3 nitrogen and oxygen atoms in total. The SMILES string of the molecule is CC(C)(C)[Si@](C)(COCc1ccccc1)[C@@]1(C(=O)Cc2ccccc2)CCCC[C@@H]1O. The van der Waals surface area contributed by atoms with Gasteiger partial charge in [-0.1, -0.05) is 101 Å². The van der Waals surface area contributed by atoms with Gasteiger partial charge in [0.05, 0.1) is 17.7 Å². The number of carbonyl (C=O) groups excluding carboxylic acids is 1. The Morgan fingerprint density at radius 2 is 1.61 bits per heavy atom. The van der Waals surface area contributed by atoms with Crippen LogP contribution in [0.5, 0.6) is 0 Å². The van der Waals surface area contributed by atoms with Crippen LogP contribution in [0.3, 0.4) is 0 Å². The molecule has 1 fully saturated rings. The largest absolute Gasteiger partial charge is 0.392 e. The first kappa shape index (κ1) is 23.9. The summed E-state index contributed by atoms with van der Waals surface area (Å²) in [6.07, 6.45) is 3.83. The maximum absolute atomic E-state index is 14.0. The van der Waals surface area contributed by atoms with Crippen LogP contribution in [-0.4, -0.2) is 31.3 Å². The summed E-state index contributed by atoms with van der Waals surface area (Å²) in [5, 5.41) is 10.7. The molecule has 0 amide bonds. The molecule has 0 radical (unpaired) electrons. The highest BCUT2D eigenvalue weighted by molar-refractivity contribution is 6.87. The van der Waals surface area contributed by atoms with E-state index in [9.17, 15) is 9.90 Å². The van der Waals surface area contributed by atoms with Crippen LogP contribution in [0.4, 0.5) is 0 Å². The Balaban J connectivity index is 1.94. The monoisotopic (exact) mass is 438 g/mol. The Morgan fingerprint density at radius 3 is 2.16 bits per heavy atom. The number of ether oxygens (including phenoxy) is 1. The van der Waals surface area contributed by atoms with Crippen molar-refractivity contribution in [2.45, 2.75) is 82.2 Å². The highest BCUT2D eigenvalue weighted by atomic mass is 28.3. The summed E-state index contributed by atoms with van der Waals surface area (Å²) in [6.45, 7) is 9.56. The standard InChI is InChI=1S/C27H38O3Si/c1-26(2,3)31(4,21-30-20-23-15-9-6-10-16-23)27(18-12-11-17-24(27)28)25(29)19-22-13-7-5-8-14-22/h5-10,13-16,24,28H,11-12,17-21H2,1-4H3/t24-,27-,31-/m0/s1. The molecular weight excluding hydrogens is 400 g/mol. The summed E-state index contributed by atoms with van der Waals surface area (Å²) in [5.74, 6) is 0.207. The van der Waals surface area contributed by atoms with Crippen molar-refractivity contribution in [3.05, 3.63) is 71.8 Å². The zero-order valence-corrected chi connectivity index (χ0v) is 20.6. The van der Waals surface area contributed by atoms with E-state index in [4.69, 9.17) is 4.74 Å². The van der Waals surface area contributed by atoms with Crippen molar-refractivity contribution >= 4 is 13.9 Å². The molecule has 0 aliphatic heterocycles. The van der Waals surface area contributed by atoms with Crippen LogP contribution >= 0.6 is 0 Å². The van der Waals surface area contributed by atoms with Gasteiger partial charge < -0.3 is 9.84 Å². The predicted molar refractivity (Wildman–Crippen MR) is 130 cm³/mol. The second-order valence-corrected chi connectivity index (χ2v) is 15.7. The van der Waals surface area contributed by atoms with Gasteiger partial charge in [0, 0.05) is 12.7 Å². The maximum Gasteiger partial charge on any atom is 0.143 e. The van der Waals surface area contributed by atoms with Gasteiger partial charge >= 0.3 is 0 Å². The molecule has 0 unspecified atom stereocenters. The fourth-order valence-electron chi connectivity index (χ4n) is 5.33. The number of aliphatic hydroxyl groups is 1. The fourth-order valence-corrected chi connectivity index (χ4v) is 10.2. The molecule has 1 aliphatic carbocycles. The lowest BCUT2D eigenvalue weighted by Crippen LogP contribution is -2.64. The molecule has 1 N–H and O–H groups in total. The van der Waals surface area contributed by atoms with E-state index < -0.39 is 19.2 Å². The molecule has 1 aliphatic rings. The van der Waals surface area contributed by atoms with Crippen molar-refractivity contribution in [3.8, 4) is 0 Å². The van der Waals surface area contributed by atoms with Crippen LogP contribution in [0.15, 0.2) is 60.7 Å². The van der Waals surface area contributed by atoms with Crippen molar-refractivity contribution in [1.82, 2.24) is 0 Å². The van der Waals surface area contributed by atoms with Gasteiger partial charge in [-0.05, 0) is 29.0 Å². The molecule has 1 saturated carbocycles. The lowest BCUT2D eigenvalue weighted by Gasteiger charge is -2.56.